The molecule has 1 N–H and O–H groups in total. The average Bonchev–Trinajstić information content (AvgIpc) is 2.50. The number of halogens is 2. The van der Waals surface area contributed by atoms with E-state index in [0.717, 1.165) is 0 Å². The first-order chi connectivity index (χ1) is 10.9. The van der Waals surface area contributed by atoms with Crippen LogP contribution in [0.25, 0.3) is 0 Å². The number of ketones is 1. The summed E-state index contributed by atoms with van der Waals surface area (Å²) in [4.78, 5) is 23.7. The number of hydrogen-bond acceptors (Lipinski definition) is 3. The maximum Gasteiger partial charge on any atom is 0.228 e. The molecule has 0 unspecified atom stereocenters. The van der Waals surface area contributed by atoms with Crippen LogP contribution in [0.3, 0.4) is 0 Å². The Morgan fingerprint density at radius 3 is 2.48 bits per heavy atom. The van der Waals surface area contributed by atoms with Crippen molar-refractivity contribution in [2.24, 2.45) is 0 Å². The minimum absolute atomic E-state index is 0.0588. The van der Waals surface area contributed by atoms with E-state index >= 15 is 0 Å². The highest BCUT2D eigenvalue weighted by molar-refractivity contribution is 6.36. The van der Waals surface area contributed by atoms with Gasteiger partial charge in [-0.15, -0.1) is 0 Å². The number of anilines is 1. The zero-order valence-corrected chi connectivity index (χ0v) is 14.2. The second-order valence-corrected chi connectivity index (χ2v) is 5.78. The molecule has 6 heteroatoms. The van der Waals surface area contributed by atoms with Crippen molar-refractivity contribution in [1.29, 1.82) is 0 Å². The van der Waals surface area contributed by atoms with Crippen LogP contribution in [0.2, 0.25) is 10.0 Å². The summed E-state index contributed by atoms with van der Waals surface area (Å²) in [5, 5.41) is 3.56. The predicted octanol–water partition coefficient (Wildman–Crippen LogP) is 4.39. The molecule has 2 aromatic carbocycles. The summed E-state index contributed by atoms with van der Waals surface area (Å²) in [5.41, 5.74) is 1.63. The maximum atomic E-state index is 12.2. The first kappa shape index (κ1) is 17.3. The fourth-order valence-electron chi connectivity index (χ4n) is 2.09. The van der Waals surface area contributed by atoms with Gasteiger partial charge in [-0.2, -0.15) is 0 Å². The molecule has 0 aliphatic carbocycles. The summed E-state index contributed by atoms with van der Waals surface area (Å²) in [6.07, 6.45) is 0.0588. The molecule has 4 nitrogen and oxygen atoms in total. The number of carbonyl (C=O) groups is 2. The second kappa shape index (κ2) is 7.49. The molecule has 0 heterocycles. The van der Waals surface area contributed by atoms with Gasteiger partial charge in [-0.25, -0.2) is 0 Å². The number of benzene rings is 2. The third-order valence-corrected chi connectivity index (χ3v) is 3.79. The summed E-state index contributed by atoms with van der Waals surface area (Å²) in [6.45, 7) is 1.47. The standard InChI is InChI=1S/C17H15Cl2NO3/c1-10(21)11-3-6-16(23-2)12(7-11)8-17(22)20-15-5-4-13(18)9-14(15)19/h3-7,9H,8H2,1-2H3,(H,20,22). The summed E-state index contributed by atoms with van der Waals surface area (Å²) >= 11 is 11.9. The lowest BCUT2D eigenvalue weighted by Crippen LogP contribution is -2.15. The summed E-state index contributed by atoms with van der Waals surface area (Å²) in [5.74, 6) is 0.204. The lowest BCUT2D eigenvalue weighted by Gasteiger charge is -2.11. The van der Waals surface area contributed by atoms with E-state index in [4.69, 9.17) is 27.9 Å². The second-order valence-electron chi connectivity index (χ2n) is 4.93. The van der Waals surface area contributed by atoms with E-state index in [9.17, 15) is 9.59 Å². The molecular formula is C17H15Cl2NO3. The van der Waals surface area contributed by atoms with E-state index in [1.165, 1.54) is 14.0 Å². The smallest absolute Gasteiger partial charge is 0.228 e. The van der Waals surface area contributed by atoms with E-state index in [1.807, 2.05) is 0 Å². The van der Waals surface area contributed by atoms with Gasteiger partial charge in [0, 0.05) is 16.1 Å². The third kappa shape index (κ3) is 4.47. The first-order valence-corrected chi connectivity index (χ1v) is 7.59. The Bertz CT molecular complexity index is 759. The number of hydrogen-bond donors (Lipinski definition) is 1. The monoisotopic (exact) mass is 351 g/mol. The van der Waals surface area contributed by atoms with E-state index in [2.05, 4.69) is 5.32 Å². The van der Waals surface area contributed by atoms with Gasteiger partial charge in [0.1, 0.15) is 5.75 Å². The summed E-state index contributed by atoms with van der Waals surface area (Å²) in [6, 6.07) is 9.82. The number of rotatable bonds is 5. The highest BCUT2D eigenvalue weighted by Crippen LogP contribution is 2.26. The third-order valence-electron chi connectivity index (χ3n) is 3.24. The number of ether oxygens (including phenoxy) is 1. The van der Waals surface area contributed by atoms with Crippen molar-refractivity contribution in [1.82, 2.24) is 0 Å². The molecule has 0 aromatic heterocycles. The fraction of sp³-hybridized carbons (Fsp3) is 0.176. The predicted molar refractivity (Wildman–Crippen MR) is 91.8 cm³/mol. The van der Waals surface area contributed by atoms with Crippen molar-refractivity contribution in [3.63, 3.8) is 0 Å². The molecule has 0 spiro atoms. The minimum Gasteiger partial charge on any atom is -0.496 e. The molecule has 0 radical (unpaired) electrons. The van der Waals surface area contributed by atoms with Crippen molar-refractivity contribution >= 4 is 40.6 Å². The Kier molecular flexibility index (Phi) is 5.64. The van der Waals surface area contributed by atoms with Gasteiger partial charge in [0.25, 0.3) is 0 Å². The number of carbonyl (C=O) groups excluding carboxylic acids is 2. The summed E-state index contributed by atoms with van der Waals surface area (Å²) < 4.78 is 5.24. The van der Waals surface area contributed by atoms with Gasteiger partial charge < -0.3 is 10.1 Å². The molecule has 0 aliphatic heterocycles. The fourth-order valence-corrected chi connectivity index (χ4v) is 2.55. The van der Waals surface area contributed by atoms with E-state index in [1.54, 1.807) is 36.4 Å². The van der Waals surface area contributed by atoms with Crippen LogP contribution in [0, 0.1) is 0 Å². The number of Topliss-reactive ketones (excluding diaryl/α,β-unsaturated/α-hetero) is 1. The van der Waals surface area contributed by atoms with Crippen molar-refractivity contribution in [2.45, 2.75) is 13.3 Å². The van der Waals surface area contributed by atoms with Crippen LogP contribution in [0.1, 0.15) is 22.8 Å². The van der Waals surface area contributed by atoms with Gasteiger partial charge in [-0.05, 0) is 43.3 Å². The molecule has 0 saturated heterocycles. The number of amides is 1. The highest BCUT2D eigenvalue weighted by atomic mass is 35.5. The Labute approximate surface area is 144 Å². The number of methoxy groups -OCH3 is 1. The molecule has 0 fully saturated rings. The Hall–Kier alpha value is -2.04. The van der Waals surface area contributed by atoms with Crippen LogP contribution in [-0.2, 0) is 11.2 Å². The number of nitrogens with one attached hydrogen (secondary N) is 1. The SMILES string of the molecule is COc1ccc(C(C)=O)cc1CC(=O)Nc1ccc(Cl)cc1Cl. The molecule has 0 saturated carbocycles. The van der Waals surface area contributed by atoms with Gasteiger partial charge >= 0.3 is 0 Å². The van der Waals surface area contributed by atoms with Gasteiger partial charge in [0.15, 0.2) is 5.78 Å². The molecule has 0 bridgehead atoms. The zero-order valence-electron chi connectivity index (χ0n) is 12.7. The Balaban J connectivity index is 2.19. The van der Waals surface area contributed by atoms with Crippen molar-refractivity contribution in [3.05, 3.63) is 57.6 Å². The van der Waals surface area contributed by atoms with Crippen molar-refractivity contribution in [3.8, 4) is 5.75 Å². The van der Waals surface area contributed by atoms with Gasteiger partial charge in [-0.3, -0.25) is 9.59 Å². The lowest BCUT2D eigenvalue weighted by atomic mass is 10.0. The topological polar surface area (TPSA) is 55.4 Å². The van der Waals surface area contributed by atoms with Crippen LogP contribution in [0.4, 0.5) is 5.69 Å². The molecule has 0 aliphatic rings. The Morgan fingerprint density at radius 1 is 1.13 bits per heavy atom. The van der Waals surface area contributed by atoms with Gasteiger partial charge in [-0.1, -0.05) is 23.2 Å². The van der Waals surface area contributed by atoms with Crippen LogP contribution < -0.4 is 10.1 Å². The van der Waals surface area contributed by atoms with Crippen LogP contribution in [-0.4, -0.2) is 18.8 Å². The van der Waals surface area contributed by atoms with Gasteiger partial charge in [0.2, 0.25) is 5.91 Å². The quantitative estimate of drug-likeness (QED) is 0.813. The molecule has 0 atom stereocenters. The first-order valence-electron chi connectivity index (χ1n) is 6.83. The molecule has 23 heavy (non-hydrogen) atoms. The molecule has 120 valence electrons. The normalized spacial score (nSPS) is 10.3. The van der Waals surface area contributed by atoms with E-state index < -0.39 is 0 Å². The zero-order chi connectivity index (χ0) is 17.0. The highest BCUT2D eigenvalue weighted by Gasteiger charge is 2.13. The van der Waals surface area contributed by atoms with E-state index in [-0.39, 0.29) is 18.1 Å². The van der Waals surface area contributed by atoms with Crippen LogP contribution >= 0.6 is 23.2 Å². The molecule has 2 rings (SSSR count). The maximum absolute atomic E-state index is 12.2. The van der Waals surface area contributed by atoms with Crippen LogP contribution in [0.5, 0.6) is 5.75 Å². The minimum atomic E-state index is -0.270. The molecule has 1 amide bonds. The Morgan fingerprint density at radius 2 is 1.87 bits per heavy atom. The van der Waals surface area contributed by atoms with Crippen LogP contribution in [0.15, 0.2) is 36.4 Å². The largest absolute Gasteiger partial charge is 0.496 e. The lowest BCUT2D eigenvalue weighted by molar-refractivity contribution is -0.115. The average molecular weight is 352 g/mol. The van der Waals surface area contributed by atoms with Gasteiger partial charge in [0.05, 0.1) is 24.2 Å². The van der Waals surface area contributed by atoms with E-state index in [0.29, 0.717) is 32.6 Å². The van der Waals surface area contributed by atoms with Crippen molar-refractivity contribution < 1.29 is 14.3 Å². The molecule has 2 aromatic rings. The van der Waals surface area contributed by atoms with Crippen molar-refractivity contribution in [2.75, 3.05) is 12.4 Å². The molecular weight excluding hydrogens is 337 g/mol. The summed E-state index contributed by atoms with van der Waals surface area (Å²) in [7, 11) is 1.51.